The van der Waals surface area contributed by atoms with Gasteiger partial charge in [0.2, 0.25) is 0 Å². The van der Waals surface area contributed by atoms with Crippen molar-refractivity contribution in [3.05, 3.63) is 60.2 Å². The van der Waals surface area contributed by atoms with E-state index in [1.165, 1.54) is 11.1 Å². The lowest BCUT2D eigenvalue weighted by atomic mass is 10.2. The molecule has 0 aliphatic rings. The Morgan fingerprint density at radius 2 is 1.22 bits per heavy atom. The van der Waals surface area contributed by atoms with Gasteiger partial charge in [-0.2, -0.15) is 0 Å². The maximum absolute atomic E-state index is 4.41. The smallest absolute Gasteiger partial charge is 0.0975 e. The maximum atomic E-state index is 4.41. The van der Waals surface area contributed by atoms with Gasteiger partial charge in [-0.1, -0.05) is 0 Å². The summed E-state index contributed by atoms with van der Waals surface area (Å²) in [5, 5.41) is 0. The highest BCUT2D eigenvalue weighted by molar-refractivity contribution is 7.99. The molecule has 0 bridgehead atoms. The largest absolute Gasteiger partial charge is 0.275 e. The molecule has 0 unspecified atom stereocenters. The second kappa shape index (κ2) is 6.78. The van der Waals surface area contributed by atoms with Gasteiger partial charge in [0.15, 0.2) is 0 Å². The van der Waals surface area contributed by atoms with Crippen molar-refractivity contribution < 1.29 is 0 Å². The topological polar surface area (TPSA) is 29.0 Å². The number of thiol groups is 2. The summed E-state index contributed by atoms with van der Waals surface area (Å²) in [7, 11) is 0. The Balaban J connectivity index is 2.05. The molecule has 3 nitrogen and oxygen atoms in total. The molecule has 0 fully saturated rings. The van der Waals surface area contributed by atoms with E-state index in [0.717, 1.165) is 13.1 Å². The lowest BCUT2D eigenvalue weighted by Crippen LogP contribution is -2.26. The predicted octanol–water partition coefficient (Wildman–Crippen LogP) is 2.62. The second-order valence-corrected chi connectivity index (χ2v) is 5.35. The van der Waals surface area contributed by atoms with E-state index in [1.54, 1.807) is 24.8 Å². The number of rotatable bonds is 5. The van der Waals surface area contributed by atoms with Gasteiger partial charge in [-0.05, 0) is 35.4 Å². The highest BCUT2D eigenvalue weighted by atomic mass is 32.2. The Morgan fingerprint density at radius 3 is 1.56 bits per heavy atom. The molecular weight excluding hydrogens is 262 g/mol. The summed E-state index contributed by atoms with van der Waals surface area (Å²) >= 11 is 8.82. The van der Waals surface area contributed by atoms with Gasteiger partial charge in [-0.3, -0.25) is 14.9 Å². The first kappa shape index (κ1) is 13.4. The van der Waals surface area contributed by atoms with Gasteiger partial charge in [-0.15, -0.1) is 25.3 Å². The van der Waals surface area contributed by atoms with E-state index >= 15 is 0 Å². The molecule has 0 amide bonds. The fraction of sp³-hybridized carbons (Fsp3) is 0.231. The van der Waals surface area contributed by atoms with E-state index in [2.05, 4.69) is 40.1 Å². The summed E-state index contributed by atoms with van der Waals surface area (Å²) in [5.41, 5.74) is 2.40. The Hall–Kier alpha value is -1.04. The van der Waals surface area contributed by atoms with Crippen LogP contribution in [0.4, 0.5) is 0 Å². The van der Waals surface area contributed by atoms with E-state index in [9.17, 15) is 0 Å². The number of aromatic nitrogens is 2. The lowest BCUT2D eigenvalue weighted by molar-refractivity contribution is 0.289. The van der Waals surface area contributed by atoms with Gasteiger partial charge in [0.1, 0.15) is 0 Å². The summed E-state index contributed by atoms with van der Waals surface area (Å²) in [5.74, 6) is 0. The number of nitrogens with zero attached hydrogens (tertiary/aromatic N) is 3. The first-order chi connectivity index (χ1) is 8.75. The van der Waals surface area contributed by atoms with E-state index in [1.807, 2.05) is 24.3 Å². The van der Waals surface area contributed by atoms with Crippen LogP contribution < -0.4 is 0 Å². The molecule has 5 heteroatoms. The van der Waals surface area contributed by atoms with E-state index in [-0.39, 0.29) is 4.71 Å². The molecule has 2 aromatic rings. The molecule has 0 saturated heterocycles. The third-order valence-electron chi connectivity index (χ3n) is 2.60. The zero-order valence-electron chi connectivity index (χ0n) is 9.85. The third-order valence-corrected chi connectivity index (χ3v) is 3.25. The van der Waals surface area contributed by atoms with Crippen LogP contribution in [0.1, 0.15) is 11.1 Å². The van der Waals surface area contributed by atoms with Crippen LogP contribution in [0, 0.1) is 0 Å². The highest BCUT2D eigenvalue weighted by Gasteiger charge is 2.11. The van der Waals surface area contributed by atoms with Gasteiger partial charge in [-0.25, -0.2) is 0 Å². The first-order valence-electron chi connectivity index (χ1n) is 5.63. The third kappa shape index (κ3) is 4.01. The summed E-state index contributed by atoms with van der Waals surface area (Å²) in [4.78, 5) is 10.2. The van der Waals surface area contributed by atoms with Crippen LogP contribution in [0.25, 0.3) is 0 Å². The molecule has 0 N–H and O–H groups in total. The Morgan fingerprint density at radius 1 is 0.833 bits per heavy atom. The molecule has 2 heterocycles. The molecular formula is C13H15N3S2. The minimum atomic E-state index is -0.105. The van der Waals surface area contributed by atoms with Crippen molar-refractivity contribution in [3.8, 4) is 0 Å². The van der Waals surface area contributed by atoms with Gasteiger partial charge >= 0.3 is 0 Å². The fourth-order valence-electron chi connectivity index (χ4n) is 1.66. The molecule has 2 rings (SSSR count). The van der Waals surface area contributed by atoms with E-state index < -0.39 is 0 Å². The SMILES string of the molecule is SC(S)N(Cc1ccncc1)Cc1ccncc1. The summed E-state index contributed by atoms with van der Waals surface area (Å²) in [6.45, 7) is 1.59. The molecule has 0 aromatic carbocycles. The predicted molar refractivity (Wildman–Crippen MR) is 79.5 cm³/mol. The minimum Gasteiger partial charge on any atom is -0.275 e. The quantitative estimate of drug-likeness (QED) is 0.650. The van der Waals surface area contributed by atoms with E-state index in [0.29, 0.717) is 0 Å². The monoisotopic (exact) mass is 277 g/mol. The molecule has 94 valence electrons. The molecule has 0 spiro atoms. The standard InChI is InChI=1S/C13H15N3S2/c17-13(18)16(9-11-1-5-14-6-2-11)10-12-3-7-15-8-4-12/h1-8,13,17-18H,9-10H2. The van der Waals surface area contributed by atoms with Gasteiger partial charge in [0.25, 0.3) is 0 Å². The lowest BCUT2D eigenvalue weighted by Gasteiger charge is -2.25. The Bertz CT molecular complexity index is 421. The van der Waals surface area contributed by atoms with Crippen molar-refractivity contribution in [2.75, 3.05) is 0 Å². The molecule has 0 aliphatic heterocycles. The van der Waals surface area contributed by atoms with Crippen LogP contribution in [0.3, 0.4) is 0 Å². The van der Waals surface area contributed by atoms with Crippen molar-refractivity contribution in [1.29, 1.82) is 0 Å². The van der Waals surface area contributed by atoms with Gasteiger partial charge in [0, 0.05) is 37.9 Å². The van der Waals surface area contributed by atoms with E-state index in [4.69, 9.17) is 0 Å². The van der Waals surface area contributed by atoms with Crippen molar-refractivity contribution in [3.63, 3.8) is 0 Å². The normalized spacial score (nSPS) is 11.1. The molecule has 2 aromatic heterocycles. The fourth-order valence-corrected chi connectivity index (χ4v) is 1.99. The number of hydrogen-bond donors (Lipinski definition) is 2. The van der Waals surface area contributed by atoms with Crippen LogP contribution in [0.15, 0.2) is 49.1 Å². The molecule has 0 saturated carbocycles. The minimum absolute atomic E-state index is 0.105. The molecule has 0 radical (unpaired) electrons. The average Bonchev–Trinajstić information content (AvgIpc) is 2.40. The summed E-state index contributed by atoms with van der Waals surface area (Å²) in [6, 6.07) is 8.01. The zero-order valence-corrected chi connectivity index (χ0v) is 11.6. The molecule has 0 atom stereocenters. The first-order valence-corrected chi connectivity index (χ1v) is 6.67. The summed E-state index contributed by atoms with van der Waals surface area (Å²) in [6.07, 6.45) is 7.19. The van der Waals surface area contributed by atoms with Crippen molar-refractivity contribution in [2.45, 2.75) is 17.8 Å². The van der Waals surface area contributed by atoms with Crippen LogP contribution in [-0.2, 0) is 13.1 Å². The van der Waals surface area contributed by atoms with Crippen molar-refractivity contribution >= 4 is 25.3 Å². The molecule has 0 aliphatic carbocycles. The second-order valence-electron chi connectivity index (χ2n) is 3.96. The average molecular weight is 277 g/mol. The summed E-state index contributed by atoms with van der Waals surface area (Å²) < 4.78 is -0.105. The van der Waals surface area contributed by atoms with Crippen LogP contribution in [0.2, 0.25) is 0 Å². The Labute approximate surface area is 118 Å². The highest BCUT2D eigenvalue weighted by Crippen LogP contribution is 2.16. The Kier molecular flexibility index (Phi) is 5.04. The van der Waals surface area contributed by atoms with Crippen LogP contribution in [0.5, 0.6) is 0 Å². The molecule has 18 heavy (non-hydrogen) atoms. The zero-order chi connectivity index (χ0) is 12.8. The number of hydrogen-bond acceptors (Lipinski definition) is 5. The van der Waals surface area contributed by atoms with Crippen LogP contribution >= 0.6 is 25.3 Å². The van der Waals surface area contributed by atoms with Gasteiger partial charge < -0.3 is 0 Å². The van der Waals surface area contributed by atoms with Gasteiger partial charge in [0.05, 0.1) is 4.71 Å². The van der Waals surface area contributed by atoms with Crippen molar-refractivity contribution in [2.24, 2.45) is 0 Å². The van der Waals surface area contributed by atoms with Crippen molar-refractivity contribution in [1.82, 2.24) is 14.9 Å². The maximum Gasteiger partial charge on any atom is 0.0975 e. The number of pyridine rings is 2. The van der Waals surface area contributed by atoms with Crippen LogP contribution in [-0.4, -0.2) is 19.6 Å².